The number of urea groups is 1. The summed E-state index contributed by atoms with van der Waals surface area (Å²) in [4.78, 5) is 51.7. The van der Waals surface area contributed by atoms with Gasteiger partial charge in [-0.25, -0.2) is 24.0 Å². The lowest BCUT2D eigenvalue weighted by molar-refractivity contribution is -0.155. The molecule has 12 nitrogen and oxygen atoms in total. The van der Waals surface area contributed by atoms with Crippen LogP contribution >= 0.6 is 11.3 Å². The molecule has 2 saturated heterocycles. The second-order valence-corrected chi connectivity index (χ2v) is 16.0. The Hall–Kier alpha value is -4.47. The molecule has 3 aliphatic rings. The van der Waals surface area contributed by atoms with Gasteiger partial charge in [-0.2, -0.15) is 0 Å². The van der Waals surface area contributed by atoms with E-state index < -0.39 is 47.9 Å². The van der Waals surface area contributed by atoms with Gasteiger partial charge in [-0.3, -0.25) is 19.6 Å². The van der Waals surface area contributed by atoms with Crippen molar-refractivity contribution < 1.29 is 32.6 Å². The Kier molecular flexibility index (Phi) is 10.7. The molecule has 0 radical (unpaired) electrons. The number of nitrogens with zero attached hydrogens (tertiary/aromatic N) is 5. The summed E-state index contributed by atoms with van der Waals surface area (Å²) >= 11 is 1.36. The Labute approximate surface area is 317 Å². The lowest BCUT2D eigenvalue weighted by atomic mass is 9.84. The molecule has 1 unspecified atom stereocenters. The predicted octanol–water partition coefficient (Wildman–Crippen LogP) is 6.14. The summed E-state index contributed by atoms with van der Waals surface area (Å²) in [5.41, 5.74) is 9.08. The van der Waals surface area contributed by atoms with Crippen LogP contribution in [0.2, 0.25) is 0 Å². The van der Waals surface area contributed by atoms with Crippen molar-refractivity contribution in [1.29, 1.82) is 0 Å². The molecule has 0 spiro atoms. The van der Waals surface area contributed by atoms with Gasteiger partial charge in [0.1, 0.15) is 12.1 Å². The number of hydrogen-bond donors (Lipinski definition) is 2. The van der Waals surface area contributed by atoms with Crippen molar-refractivity contribution in [3.63, 3.8) is 0 Å². The van der Waals surface area contributed by atoms with E-state index in [-0.39, 0.29) is 32.1 Å². The number of halogens is 2. The Morgan fingerprint density at radius 2 is 2.02 bits per heavy atom. The average Bonchev–Trinajstić information content (AvgIpc) is 3.73. The van der Waals surface area contributed by atoms with Crippen LogP contribution in [0.15, 0.2) is 41.9 Å². The van der Waals surface area contributed by atoms with Gasteiger partial charge in [-0.1, -0.05) is 19.9 Å². The number of esters is 1. The molecular formula is C39H47F2N7O5S. The van der Waals surface area contributed by atoms with Gasteiger partial charge in [0, 0.05) is 72.2 Å². The molecule has 0 aliphatic carbocycles. The number of fused-ring (bicyclic) bond motifs is 6. The maximum Gasteiger partial charge on any atom is 0.324 e. The number of methoxy groups -OCH3 is 1. The number of aryl methyl sites for hydroxylation is 1. The van der Waals surface area contributed by atoms with E-state index >= 15 is 0 Å². The van der Waals surface area contributed by atoms with Gasteiger partial charge in [0.15, 0.2) is 0 Å². The maximum absolute atomic E-state index is 14.1. The van der Waals surface area contributed by atoms with Gasteiger partial charge in [0.05, 0.1) is 40.8 Å². The lowest BCUT2D eigenvalue weighted by Crippen LogP contribution is -2.63. The van der Waals surface area contributed by atoms with Crippen LogP contribution in [0, 0.1) is 5.41 Å². The molecule has 0 saturated carbocycles. The number of rotatable bonds is 6. The SMILES string of the molecule is CCn1c(-c2cccnc2[C@H](C)OC)c2c3cc(ccc31)-c1csc(n1)C[C@H](NC(=O)N1CCC1C(F)F)C(=O)N1CCC[C@H](N1)C(=O)OCC(C)(C)C2. The minimum atomic E-state index is -2.68. The van der Waals surface area contributed by atoms with Crippen molar-refractivity contribution >= 4 is 40.1 Å². The fourth-order valence-corrected chi connectivity index (χ4v) is 8.57. The number of alkyl halides is 2. The molecule has 3 aliphatic heterocycles. The van der Waals surface area contributed by atoms with Crippen molar-refractivity contribution in [2.24, 2.45) is 5.41 Å². The molecule has 6 heterocycles. The number of benzene rings is 1. The van der Waals surface area contributed by atoms with E-state index in [9.17, 15) is 23.2 Å². The first-order valence-corrected chi connectivity index (χ1v) is 19.4. The van der Waals surface area contributed by atoms with Gasteiger partial charge in [-0.15, -0.1) is 11.3 Å². The zero-order chi connectivity index (χ0) is 38.3. The molecule has 7 rings (SSSR count). The molecule has 54 heavy (non-hydrogen) atoms. The Morgan fingerprint density at radius 3 is 2.74 bits per heavy atom. The predicted molar refractivity (Wildman–Crippen MR) is 201 cm³/mol. The molecule has 2 N–H and O–H groups in total. The third-order valence-electron chi connectivity index (χ3n) is 10.8. The summed E-state index contributed by atoms with van der Waals surface area (Å²) < 4.78 is 41.2. The van der Waals surface area contributed by atoms with E-state index in [1.165, 1.54) is 16.3 Å². The third-order valence-corrected chi connectivity index (χ3v) is 11.6. The Bertz CT molecular complexity index is 2050. The van der Waals surface area contributed by atoms with Gasteiger partial charge in [-0.05, 0) is 69.4 Å². The summed E-state index contributed by atoms with van der Waals surface area (Å²) in [6.07, 6.45) is 0.625. The summed E-state index contributed by atoms with van der Waals surface area (Å²) in [6.45, 7) is 9.53. The molecule has 3 amide bonds. The van der Waals surface area contributed by atoms with E-state index in [1.807, 2.05) is 24.4 Å². The van der Waals surface area contributed by atoms with Crippen LogP contribution in [0.25, 0.3) is 33.4 Å². The van der Waals surface area contributed by atoms with Crippen molar-refractivity contribution in [2.75, 3.05) is 26.8 Å². The number of thiazole rings is 1. The number of hydrazine groups is 1. The second kappa shape index (κ2) is 15.3. The summed E-state index contributed by atoms with van der Waals surface area (Å²) in [6, 6.07) is 6.45. The zero-order valence-corrected chi connectivity index (χ0v) is 32.1. The Balaban J connectivity index is 1.33. The summed E-state index contributed by atoms with van der Waals surface area (Å²) in [5, 5.41) is 7.62. The highest BCUT2D eigenvalue weighted by Crippen LogP contribution is 2.42. The minimum absolute atomic E-state index is 0.0369. The van der Waals surface area contributed by atoms with Crippen LogP contribution in [-0.4, -0.2) is 93.7 Å². The lowest BCUT2D eigenvalue weighted by Gasteiger charge is -2.41. The van der Waals surface area contributed by atoms with Crippen LogP contribution in [0.4, 0.5) is 13.6 Å². The first-order valence-electron chi connectivity index (χ1n) is 18.6. The fourth-order valence-electron chi connectivity index (χ4n) is 7.72. The molecule has 6 bridgehead atoms. The quantitative estimate of drug-likeness (QED) is 0.224. The second-order valence-electron chi connectivity index (χ2n) is 15.1. The first kappa shape index (κ1) is 37.8. The number of nitrogens with one attached hydrogen (secondary N) is 2. The topological polar surface area (TPSA) is 131 Å². The fraction of sp³-hybridized carbons (Fsp3) is 0.513. The normalized spacial score (nSPS) is 22.5. The minimum Gasteiger partial charge on any atom is -0.464 e. The smallest absolute Gasteiger partial charge is 0.324 e. The molecule has 2 fully saturated rings. The van der Waals surface area contributed by atoms with E-state index in [0.717, 1.165) is 43.9 Å². The maximum atomic E-state index is 14.1. The van der Waals surface area contributed by atoms with Crippen molar-refractivity contribution in [2.45, 2.75) is 97.0 Å². The molecule has 4 atom stereocenters. The highest BCUT2D eigenvalue weighted by Gasteiger charge is 2.41. The van der Waals surface area contributed by atoms with Gasteiger partial charge in [0.2, 0.25) is 0 Å². The number of carbonyl (C=O) groups is 3. The number of aromatic nitrogens is 3. The van der Waals surface area contributed by atoms with E-state index in [1.54, 1.807) is 13.3 Å². The number of cyclic esters (lactones) is 1. The largest absolute Gasteiger partial charge is 0.464 e. The van der Waals surface area contributed by atoms with Crippen LogP contribution in [0.1, 0.15) is 69.3 Å². The van der Waals surface area contributed by atoms with E-state index in [4.69, 9.17) is 19.4 Å². The highest BCUT2D eigenvalue weighted by atomic mass is 32.1. The first-order chi connectivity index (χ1) is 25.9. The molecule has 15 heteroatoms. The number of amides is 3. The van der Waals surface area contributed by atoms with Crippen LogP contribution in [0.5, 0.6) is 0 Å². The van der Waals surface area contributed by atoms with E-state index in [0.29, 0.717) is 43.1 Å². The molecule has 288 valence electrons. The molecule has 3 aromatic heterocycles. The van der Waals surface area contributed by atoms with Gasteiger partial charge >= 0.3 is 12.0 Å². The van der Waals surface area contributed by atoms with Gasteiger partial charge in [0.25, 0.3) is 12.3 Å². The number of ether oxygens (including phenoxy) is 2. The van der Waals surface area contributed by atoms with Crippen molar-refractivity contribution in [3.05, 3.63) is 58.2 Å². The summed E-state index contributed by atoms with van der Waals surface area (Å²) in [5.74, 6) is -0.959. The number of hydrogen-bond acceptors (Lipinski definition) is 9. The van der Waals surface area contributed by atoms with Crippen LogP contribution < -0.4 is 10.7 Å². The van der Waals surface area contributed by atoms with Crippen molar-refractivity contribution in [3.8, 4) is 22.5 Å². The average molecular weight is 764 g/mol. The van der Waals surface area contributed by atoms with Crippen LogP contribution in [0.3, 0.4) is 0 Å². The number of carbonyl (C=O) groups excluding carboxylic acids is 3. The monoisotopic (exact) mass is 763 g/mol. The van der Waals surface area contributed by atoms with Crippen LogP contribution in [-0.2, 0) is 38.4 Å². The summed E-state index contributed by atoms with van der Waals surface area (Å²) in [7, 11) is 1.67. The number of likely N-dealkylation sites (tertiary alicyclic amines) is 1. The highest BCUT2D eigenvalue weighted by molar-refractivity contribution is 7.10. The Morgan fingerprint density at radius 1 is 1.20 bits per heavy atom. The van der Waals surface area contributed by atoms with E-state index in [2.05, 4.69) is 54.3 Å². The third kappa shape index (κ3) is 7.32. The van der Waals surface area contributed by atoms with Gasteiger partial charge < -0.3 is 24.3 Å². The van der Waals surface area contributed by atoms with Crippen molar-refractivity contribution in [1.82, 2.24) is 35.2 Å². The molecule has 1 aromatic carbocycles. The molecular weight excluding hydrogens is 717 g/mol. The zero-order valence-electron chi connectivity index (χ0n) is 31.2. The standard InChI is InChI=1S/C39H47F2N7O5S/c1-6-46-30-12-11-23-17-25(30)26(34(46)24-9-7-14-42-33(24)22(2)52-5)19-39(3,4)21-53-37(50)27-10-8-15-48(45-27)36(49)28(18-32-43-29(23)20-54-32)44-38(51)47-16-13-31(47)35(40)41/h7,9,11-12,14,17,20,22,27-28,31,35,45H,6,8,10,13,15-16,18-19,21H2,1-5H3,(H,44,51)/t22-,27-,28-,31?/m0/s1. The number of pyridine rings is 1. The molecule has 4 aromatic rings.